The van der Waals surface area contributed by atoms with E-state index in [-0.39, 0.29) is 5.91 Å². The molecule has 0 saturated carbocycles. The Morgan fingerprint density at radius 1 is 1.21 bits per heavy atom. The molecule has 3 heterocycles. The van der Waals surface area contributed by atoms with Crippen LogP contribution in [-0.2, 0) is 4.79 Å². The Balaban J connectivity index is 1.98. The Morgan fingerprint density at radius 3 is 2.14 bits per heavy atom. The molecule has 80 valence electrons. The Bertz CT molecular complexity index is 218. The van der Waals surface area contributed by atoms with Crippen molar-refractivity contribution in [2.75, 3.05) is 59.9 Å². The molecule has 3 saturated heterocycles. The predicted molar refractivity (Wildman–Crippen MR) is 54.9 cm³/mol. The Kier molecular flexibility index (Phi) is 2.49. The Morgan fingerprint density at radius 2 is 1.71 bits per heavy atom. The fourth-order valence-electron chi connectivity index (χ4n) is 2.40. The lowest BCUT2D eigenvalue weighted by atomic mass is 10.1. The first-order chi connectivity index (χ1) is 6.61. The molecule has 14 heavy (non-hydrogen) atoms. The molecule has 0 aliphatic carbocycles. The molecule has 0 aromatic rings. The van der Waals surface area contributed by atoms with Gasteiger partial charge in [-0.2, -0.15) is 0 Å². The Labute approximate surface area is 85.7 Å². The summed E-state index contributed by atoms with van der Waals surface area (Å²) in [5.41, 5.74) is 0. The summed E-state index contributed by atoms with van der Waals surface area (Å²) >= 11 is 0. The molecule has 4 nitrogen and oxygen atoms in total. The molecule has 0 spiro atoms. The van der Waals surface area contributed by atoms with E-state index in [1.807, 2.05) is 14.1 Å². The van der Waals surface area contributed by atoms with Gasteiger partial charge >= 0.3 is 0 Å². The van der Waals surface area contributed by atoms with Crippen LogP contribution < -0.4 is 0 Å². The number of carbonyl (C=O) groups excluding carboxylic acids is 1. The van der Waals surface area contributed by atoms with Crippen LogP contribution in [0.1, 0.15) is 0 Å². The maximum atomic E-state index is 11.7. The summed E-state index contributed by atoms with van der Waals surface area (Å²) in [6, 6.07) is 0. The minimum absolute atomic E-state index is 0.278. The van der Waals surface area contributed by atoms with Crippen LogP contribution in [0.2, 0.25) is 0 Å². The number of fused-ring (bicyclic) bond motifs is 3. The van der Waals surface area contributed by atoms with Gasteiger partial charge in [0.15, 0.2) is 6.54 Å². The number of amides is 1. The van der Waals surface area contributed by atoms with Gasteiger partial charge in [-0.1, -0.05) is 0 Å². The molecule has 0 radical (unpaired) electrons. The monoisotopic (exact) mass is 198 g/mol. The normalized spacial score (nSPS) is 35.7. The van der Waals surface area contributed by atoms with Gasteiger partial charge in [0.1, 0.15) is 0 Å². The topological polar surface area (TPSA) is 23.6 Å². The summed E-state index contributed by atoms with van der Waals surface area (Å²) in [4.78, 5) is 15.9. The van der Waals surface area contributed by atoms with Gasteiger partial charge in [0, 0.05) is 33.7 Å². The summed E-state index contributed by atoms with van der Waals surface area (Å²) in [7, 11) is 3.70. The molecule has 3 rings (SSSR count). The van der Waals surface area contributed by atoms with Crippen LogP contribution in [0.15, 0.2) is 0 Å². The first-order valence-electron chi connectivity index (χ1n) is 5.39. The SMILES string of the molecule is CN(C)C(=O)C[N+]12CCN(CC1)CC2. The second-order valence-electron chi connectivity index (χ2n) is 4.80. The Hall–Kier alpha value is -0.610. The van der Waals surface area contributed by atoms with Crippen molar-refractivity contribution in [3.05, 3.63) is 0 Å². The van der Waals surface area contributed by atoms with Crippen molar-refractivity contribution in [1.82, 2.24) is 9.80 Å². The second kappa shape index (κ2) is 3.51. The van der Waals surface area contributed by atoms with Crippen molar-refractivity contribution in [2.45, 2.75) is 0 Å². The van der Waals surface area contributed by atoms with Gasteiger partial charge < -0.3 is 9.38 Å². The third-order valence-electron chi connectivity index (χ3n) is 3.64. The molecule has 1 amide bonds. The third-order valence-corrected chi connectivity index (χ3v) is 3.64. The van der Waals surface area contributed by atoms with Crippen molar-refractivity contribution in [1.29, 1.82) is 0 Å². The third kappa shape index (κ3) is 1.77. The quantitative estimate of drug-likeness (QED) is 0.544. The van der Waals surface area contributed by atoms with Crippen molar-refractivity contribution in [3.8, 4) is 0 Å². The van der Waals surface area contributed by atoms with Crippen LogP contribution in [0.4, 0.5) is 0 Å². The van der Waals surface area contributed by atoms with Crippen LogP contribution in [0.5, 0.6) is 0 Å². The summed E-state index contributed by atoms with van der Waals surface area (Å²) in [5.74, 6) is 0.278. The lowest BCUT2D eigenvalue weighted by molar-refractivity contribution is -0.934. The van der Waals surface area contributed by atoms with Crippen molar-refractivity contribution in [3.63, 3.8) is 0 Å². The van der Waals surface area contributed by atoms with Gasteiger partial charge in [0.2, 0.25) is 0 Å². The molecule has 0 aromatic heterocycles. The van der Waals surface area contributed by atoms with Gasteiger partial charge in [0.25, 0.3) is 5.91 Å². The van der Waals surface area contributed by atoms with Gasteiger partial charge in [-0.25, -0.2) is 0 Å². The van der Waals surface area contributed by atoms with Gasteiger partial charge in [-0.05, 0) is 0 Å². The highest BCUT2D eigenvalue weighted by molar-refractivity contribution is 5.76. The smallest absolute Gasteiger partial charge is 0.277 e. The van der Waals surface area contributed by atoms with Crippen molar-refractivity contribution < 1.29 is 9.28 Å². The molecule has 3 fully saturated rings. The van der Waals surface area contributed by atoms with E-state index >= 15 is 0 Å². The van der Waals surface area contributed by atoms with Crippen LogP contribution in [0.25, 0.3) is 0 Å². The number of carbonyl (C=O) groups is 1. The lowest BCUT2D eigenvalue weighted by Gasteiger charge is -2.50. The van der Waals surface area contributed by atoms with Crippen LogP contribution in [-0.4, -0.2) is 80.1 Å². The van der Waals surface area contributed by atoms with Gasteiger partial charge in [0.05, 0.1) is 19.6 Å². The highest BCUT2D eigenvalue weighted by Crippen LogP contribution is 2.19. The zero-order valence-electron chi connectivity index (χ0n) is 9.20. The fourth-order valence-corrected chi connectivity index (χ4v) is 2.40. The minimum atomic E-state index is 0.278. The molecule has 4 heteroatoms. The van der Waals surface area contributed by atoms with Gasteiger partial charge in [-0.3, -0.25) is 9.69 Å². The van der Waals surface area contributed by atoms with Crippen LogP contribution >= 0.6 is 0 Å². The van der Waals surface area contributed by atoms with Crippen molar-refractivity contribution in [2.24, 2.45) is 0 Å². The highest BCUT2D eigenvalue weighted by Gasteiger charge is 2.39. The maximum absolute atomic E-state index is 11.7. The van der Waals surface area contributed by atoms with E-state index in [2.05, 4.69) is 4.90 Å². The number of hydrogen-bond donors (Lipinski definition) is 0. The van der Waals surface area contributed by atoms with Gasteiger partial charge in [-0.15, -0.1) is 0 Å². The van der Waals surface area contributed by atoms with E-state index in [1.165, 1.54) is 39.3 Å². The maximum Gasteiger partial charge on any atom is 0.277 e. The standard InChI is InChI=1S/C10H20N3O/c1-11(2)10(14)9-13-6-3-12(4-7-13)5-8-13/h3-9H2,1-2H3/q+1. The van der Waals surface area contributed by atoms with E-state index in [1.54, 1.807) is 4.90 Å². The molecular weight excluding hydrogens is 178 g/mol. The highest BCUT2D eigenvalue weighted by atomic mass is 16.2. The van der Waals surface area contributed by atoms with E-state index in [4.69, 9.17) is 0 Å². The zero-order valence-corrected chi connectivity index (χ0v) is 9.20. The minimum Gasteiger partial charge on any atom is -0.344 e. The summed E-state index contributed by atoms with van der Waals surface area (Å²) in [6.45, 7) is 7.75. The molecule has 2 bridgehead atoms. The number of likely N-dealkylation sites (N-methyl/N-ethyl adjacent to an activating group) is 1. The number of hydrogen-bond acceptors (Lipinski definition) is 2. The average molecular weight is 198 g/mol. The summed E-state index contributed by atoms with van der Waals surface area (Å²) in [5, 5.41) is 0. The number of quaternary nitrogens is 1. The van der Waals surface area contributed by atoms with E-state index in [0.29, 0.717) is 6.54 Å². The van der Waals surface area contributed by atoms with Crippen LogP contribution in [0, 0.1) is 0 Å². The van der Waals surface area contributed by atoms with Crippen LogP contribution in [0.3, 0.4) is 0 Å². The van der Waals surface area contributed by atoms with Crippen molar-refractivity contribution >= 4 is 5.91 Å². The first kappa shape index (κ1) is 9.93. The molecule has 0 unspecified atom stereocenters. The first-order valence-corrected chi connectivity index (χ1v) is 5.39. The molecule has 3 aliphatic rings. The average Bonchev–Trinajstić information content (AvgIpc) is 2.19. The zero-order chi connectivity index (χ0) is 10.2. The predicted octanol–water partition coefficient (Wildman–Crippen LogP) is -0.779. The molecular formula is C10H20N3O+. The van der Waals surface area contributed by atoms with E-state index < -0.39 is 0 Å². The molecule has 0 atom stereocenters. The lowest BCUT2D eigenvalue weighted by Crippen LogP contribution is -2.69. The van der Waals surface area contributed by atoms with E-state index in [0.717, 1.165) is 4.48 Å². The molecule has 3 aliphatic heterocycles. The summed E-state index contributed by atoms with van der Waals surface area (Å²) < 4.78 is 1.04. The number of nitrogens with zero attached hydrogens (tertiary/aromatic N) is 3. The summed E-state index contributed by atoms with van der Waals surface area (Å²) in [6.07, 6.45) is 0. The molecule has 0 N–H and O–H groups in total. The number of rotatable bonds is 2. The second-order valence-corrected chi connectivity index (χ2v) is 4.80. The van der Waals surface area contributed by atoms with E-state index in [9.17, 15) is 4.79 Å². The number of piperazine rings is 3. The molecule has 0 aromatic carbocycles. The fraction of sp³-hybridized carbons (Fsp3) is 0.900. The largest absolute Gasteiger partial charge is 0.344 e.